The zero-order valence-corrected chi connectivity index (χ0v) is 23.9. The van der Waals surface area contributed by atoms with Gasteiger partial charge in [-0.25, -0.2) is 9.97 Å². The number of piperidine rings is 1. The average molecular weight is 541 g/mol. The van der Waals surface area contributed by atoms with E-state index in [-0.39, 0.29) is 5.60 Å². The van der Waals surface area contributed by atoms with Crippen molar-refractivity contribution < 1.29 is 4.74 Å². The molecule has 210 valence electrons. The van der Waals surface area contributed by atoms with Crippen molar-refractivity contribution in [3.63, 3.8) is 0 Å². The molecule has 5 heterocycles. The van der Waals surface area contributed by atoms with E-state index in [0.717, 1.165) is 92.3 Å². The van der Waals surface area contributed by atoms with Crippen LogP contribution in [0.2, 0.25) is 0 Å². The Kier molecular flexibility index (Phi) is 6.60. The van der Waals surface area contributed by atoms with Crippen molar-refractivity contribution in [2.45, 2.75) is 50.8 Å². The Hall–Kier alpha value is -3.27. The van der Waals surface area contributed by atoms with E-state index in [0.29, 0.717) is 6.04 Å². The van der Waals surface area contributed by atoms with Crippen LogP contribution >= 0.6 is 0 Å². The maximum absolute atomic E-state index is 6.09. The summed E-state index contributed by atoms with van der Waals surface area (Å²) in [6.45, 7) is 9.23. The molecule has 2 saturated heterocycles. The molecule has 3 fully saturated rings. The maximum atomic E-state index is 6.09. The fourth-order valence-corrected chi connectivity index (χ4v) is 6.44. The van der Waals surface area contributed by atoms with Gasteiger partial charge in [0.15, 0.2) is 5.65 Å². The lowest BCUT2D eigenvalue weighted by Gasteiger charge is -2.36. The number of hydrogen-bond acceptors (Lipinski definition) is 7. The van der Waals surface area contributed by atoms with Gasteiger partial charge in [-0.1, -0.05) is 13.0 Å². The van der Waals surface area contributed by atoms with Gasteiger partial charge < -0.3 is 24.4 Å². The number of benzene rings is 1. The topological polar surface area (TPSA) is 78.3 Å². The van der Waals surface area contributed by atoms with Crippen molar-refractivity contribution in [3.05, 3.63) is 48.5 Å². The second kappa shape index (κ2) is 10.3. The van der Waals surface area contributed by atoms with Crippen LogP contribution in [-0.2, 0) is 11.3 Å². The number of fused-ring (bicyclic) bond motifs is 1. The fourth-order valence-electron chi connectivity index (χ4n) is 6.44. The summed E-state index contributed by atoms with van der Waals surface area (Å²) in [4.78, 5) is 20.5. The Morgan fingerprint density at radius 2 is 1.95 bits per heavy atom. The highest BCUT2D eigenvalue weighted by Gasteiger charge is 2.47. The number of likely N-dealkylation sites (tertiary alicyclic amines) is 1. The van der Waals surface area contributed by atoms with E-state index in [1.54, 1.807) is 0 Å². The van der Waals surface area contributed by atoms with E-state index in [4.69, 9.17) is 19.8 Å². The van der Waals surface area contributed by atoms with Crippen molar-refractivity contribution in [3.8, 4) is 22.4 Å². The van der Waals surface area contributed by atoms with Crippen LogP contribution in [0.1, 0.15) is 44.2 Å². The summed E-state index contributed by atoms with van der Waals surface area (Å²) in [7, 11) is 4.26. The second-order valence-corrected chi connectivity index (χ2v) is 12.1. The molecule has 7 rings (SSSR count). The Labute approximate surface area is 236 Å². The number of nitrogens with zero attached hydrogens (tertiary/aromatic N) is 7. The summed E-state index contributed by atoms with van der Waals surface area (Å²) in [5, 5.41) is 4.76. The average Bonchev–Trinajstić information content (AvgIpc) is 3.35. The highest BCUT2D eigenvalue weighted by Crippen LogP contribution is 2.43. The van der Waals surface area contributed by atoms with Gasteiger partial charge in [0.1, 0.15) is 5.52 Å². The van der Waals surface area contributed by atoms with E-state index in [9.17, 15) is 0 Å². The van der Waals surface area contributed by atoms with E-state index in [1.165, 1.54) is 24.1 Å². The lowest BCUT2D eigenvalue weighted by atomic mass is 10.0. The zero-order valence-electron chi connectivity index (χ0n) is 23.9. The molecule has 0 bridgehead atoms. The molecule has 1 aliphatic carbocycles. The molecule has 3 aliphatic rings. The quantitative estimate of drug-likeness (QED) is 0.368. The first kappa shape index (κ1) is 25.7. The predicted molar refractivity (Wildman–Crippen MR) is 158 cm³/mol. The van der Waals surface area contributed by atoms with Gasteiger partial charge in [0, 0.05) is 67.5 Å². The molecule has 40 heavy (non-hydrogen) atoms. The van der Waals surface area contributed by atoms with Gasteiger partial charge in [-0.2, -0.15) is 5.10 Å². The molecule has 1 aromatic carbocycles. The van der Waals surface area contributed by atoms with Gasteiger partial charge in [-0.15, -0.1) is 0 Å². The lowest BCUT2D eigenvalue weighted by molar-refractivity contribution is 0.0205. The Morgan fingerprint density at radius 1 is 1.10 bits per heavy atom. The van der Waals surface area contributed by atoms with Crippen molar-refractivity contribution in [1.82, 2.24) is 34.5 Å². The van der Waals surface area contributed by atoms with Crippen LogP contribution in [0.5, 0.6) is 0 Å². The summed E-state index contributed by atoms with van der Waals surface area (Å²) >= 11 is 0. The molecule has 0 amide bonds. The normalized spacial score (nSPS) is 19.8. The molecule has 0 radical (unpaired) electrons. The molecule has 4 aromatic rings. The molecule has 3 aromatic heterocycles. The van der Waals surface area contributed by atoms with Gasteiger partial charge in [-0.05, 0) is 64.0 Å². The molecule has 0 atom stereocenters. The Morgan fingerprint density at radius 3 is 2.73 bits per heavy atom. The summed E-state index contributed by atoms with van der Waals surface area (Å²) in [5.74, 6) is 0. The summed E-state index contributed by atoms with van der Waals surface area (Å²) in [5.41, 5.74) is 8.52. The molecular formula is C31H40N8O. The predicted octanol–water partition coefficient (Wildman–Crippen LogP) is 4.58. The molecule has 9 nitrogen and oxygen atoms in total. The largest absolute Gasteiger partial charge is 0.371 e. The minimum atomic E-state index is 0.0914. The van der Waals surface area contributed by atoms with Gasteiger partial charge >= 0.3 is 0 Å². The molecule has 1 saturated carbocycles. The molecule has 0 unspecified atom stereocenters. The van der Waals surface area contributed by atoms with E-state index >= 15 is 0 Å². The summed E-state index contributed by atoms with van der Waals surface area (Å²) in [6, 6.07) is 7.23. The molecule has 2 aliphatic heterocycles. The fraction of sp³-hybridized carbons (Fsp3) is 0.516. The first-order chi connectivity index (χ1) is 19.5. The first-order valence-electron chi connectivity index (χ1n) is 14.8. The van der Waals surface area contributed by atoms with Crippen LogP contribution in [0, 0.1) is 0 Å². The number of aromatic amines is 1. The second-order valence-electron chi connectivity index (χ2n) is 12.1. The van der Waals surface area contributed by atoms with E-state index < -0.39 is 0 Å². The third-order valence-corrected chi connectivity index (χ3v) is 8.93. The van der Waals surface area contributed by atoms with Crippen molar-refractivity contribution >= 4 is 16.9 Å². The SMILES string of the molecule is CCN1CCC(n2cc(-c3c[nH]c4ncc(-c5ccc(N6CCOC7(CC7)C6)c(CN(C)C)c5)nc34)cn2)CC1. The number of rotatable bonds is 7. The van der Waals surface area contributed by atoms with Gasteiger partial charge in [0.25, 0.3) is 0 Å². The molecule has 1 N–H and O–H groups in total. The zero-order chi connectivity index (χ0) is 27.3. The Bertz CT molecular complexity index is 1490. The van der Waals surface area contributed by atoms with E-state index in [2.05, 4.69) is 69.8 Å². The van der Waals surface area contributed by atoms with Crippen LogP contribution in [-0.4, -0.2) is 93.6 Å². The number of H-pyrrole nitrogens is 1. The van der Waals surface area contributed by atoms with Gasteiger partial charge in [0.05, 0.1) is 36.3 Å². The number of hydrogen-bond donors (Lipinski definition) is 1. The third kappa shape index (κ3) is 4.91. The smallest absolute Gasteiger partial charge is 0.156 e. The van der Waals surface area contributed by atoms with Crippen LogP contribution < -0.4 is 4.90 Å². The van der Waals surface area contributed by atoms with Crippen molar-refractivity contribution in [1.29, 1.82) is 0 Å². The van der Waals surface area contributed by atoms with Crippen LogP contribution in [0.4, 0.5) is 5.69 Å². The van der Waals surface area contributed by atoms with Crippen LogP contribution in [0.25, 0.3) is 33.5 Å². The van der Waals surface area contributed by atoms with E-state index in [1.807, 2.05) is 18.6 Å². The standard InChI is InChI=1S/C31H40N8O/c1-4-37-11-7-25(8-12-37)39-20-24(16-34-39)26-17-32-30-29(26)35-27(18-33-30)22-5-6-28(23(15-22)19-36(2)3)38-13-14-40-31(21-38)9-10-31/h5-6,15-18,20,25H,4,7-14,19,21H2,1-3H3,(H,32,33). The number of ether oxygens (including phenoxy) is 1. The minimum Gasteiger partial charge on any atom is -0.371 e. The van der Waals surface area contributed by atoms with Crippen LogP contribution in [0.3, 0.4) is 0 Å². The molecule has 9 heteroatoms. The van der Waals surface area contributed by atoms with Crippen molar-refractivity contribution in [2.24, 2.45) is 0 Å². The first-order valence-corrected chi connectivity index (χ1v) is 14.8. The number of nitrogens with one attached hydrogen (secondary N) is 1. The highest BCUT2D eigenvalue weighted by molar-refractivity contribution is 5.91. The lowest BCUT2D eigenvalue weighted by Crippen LogP contribution is -2.44. The van der Waals surface area contributed by atoms with Crippen LogP contribution in [0.15, 0.2) is 43.0 Å². The van der Waals surface area contributed by atoms with Crippen molar-refractivity contribution in [2.75, 3.05) is 58.3 Å². The number of aromatic nitrogens is 5. The molecule has 1 spiro atoms. The summed E-state index contributed by atoms with van der Waals surface area (Å²) in [6.07, 6.45) is 12.7. The maximum Gasteiger partial charge on any atom is 0.156 e. The summed E-state index contributed by atoms with van der Waals surface area (Å²) < 4.78 is 8.24. The highest BCUT2D eigenvalue weighted by atomic mass is 16.5. The Balaban J connectivity index is 1.18. The van der Waals surface area contributed by atoms with Gasteiger partial charge in [-0.3, -0.25) is 4.68 Å². The number of anilines is 1. The van der Waals surface area contributed by atoms with Gasteiger partial charge in [0.2, 0.25) is 0 Å². The minimum absolute atomic E-state index is 0.0914. The molecular weight excluding hydrogens is 500 g/mol. The third-order valence-electron chi connectivity index (χ3n) is 8.93. The monoisotopic (exact) mass is 540 g/mol. The number of morpholine rings is 1.